The Morgan fingerprint density at radius 2 is 1.70 bits per heavy atom. The minimum atomic E-state index is -1.22. The van der Waals surface area contributed by atoms with Gasteiger partial charge in [-0.2, -0.15) is 0 Å². The Morgan fingerprint density at radius 3 is 2.20 bits per heavy atom. The lowest BCUT2D eigenvalue weighted by atomic mass is 10.1. The quantitative estimate of drug-likeness (QED) is 0.587. The molecule has 0 unspecified atom stereocenters. The summed E-state index contributed by atoms with van der Waals surface area (Å²) in [6.45, 7) is 0. The fraction of sp³-hybridized carbons (Fsp3) is 0.308. The first-order chi connectivity index (χ1) is 9.40. The Balaban J connectivity index is 2.60. The average molecular weight is 281 g/mol. The highest BCUT2D eigenvalue weighted by Crippen LogP contribution is 2.10. The molecule has 0 radical (unpaired) electrons. The van der Waals surface area contributed by atoms with Crippen molar-refractivity contribution in [2.45, 2.75) is 25.3 Å². The monoisotopic (exact) mass is 281 g/mol. The Labute approximate surface area is 114 Å². The van der Waals surface area contributed by atoms with Crippen LogP contribution in [0.3, 0.4) is 0 Å². The summed E-state index contributed by atoms with van der Waals surface area (Å²) in [5.74, 6) is -2.83. The van der Waals surface area contributed by atoms with Crippen LogP contribution in [0.4, 0.5) is 0 Å². The van der Waals surface area contributed by atoms with E-state index in [1.54, 1.807) is 0 Å². The molecular weight excluding hydrogens is 266 g/mol. The van der Waals surface area contributed by atoms with E-state index in [4.69, 9.17) is 15.3 Å². The maximum atomic E-state index is 11.8. The summed E-state index contributed by atoms with van der Waals surface area (Å²) in [4.78, 5) is 33.2. The van der Waals surface area contributed by atoms with Gasteiger partial charge in [0, 0.05) is 12.0 Å². The summed E-state index contributed by atoms with van der Waals surface area (Å²) in [5.41, 5.74) is 0.215. The number of carboxylic acid groups (broad SMARTS) is 2. The topological polar surface area (TPSA) is 124 Å². The number of phenolic OH excluding ortho intramolecular Hbond substituents is 1. The van der Waals surface area contributed by atoms with Crippen LogP contribution >= 0.6 is 0 Å². The highest BCUT2D eigenvalue weighted by Gasteiger charge is 2.20. The number of hydrogen-bond acceptors (Lipinski definition) is 4. The maximum absolute atomic E-state index is 11.8. The normalized spacial score (nSPS) is 11.6. The zero-order valence-corrected chi connectivity index (χ0v) is 10.6. The molecule has 0 spiro atoms. The molecular formula is C13H15NO6. The van der Waals surface area contributed by atoms with E-state index in [-0.39, 0.29) is 30.6 Å². The first kappa shape index (κ1) is 15.5. The number of nitrogens with one attached hydrogen (secondary N) is 1. The Morgan fingerprint density at radius 1 is 1.10 bits per heavy atom. The number of amides is 1. The van der Waals surface area contributed by atoms with E-state index in [2.05, 4.69) is 5.32 Å². The Hall–Kier alpha value is -2.57. The van der Waals surface area contributed by atoms with Crippen molar-refractivity contribution >= 4 is 17.8 Å². The molecule has 0 saturated carbocycles. The molecule has 0 bridgehead atoms. The van der Waals surface area contributed by atoms with Gasteiger partial charge in [0.05, 0.1) is 0 Å². The predicted molar refractivity (Wildman–Crippen MR) is 68.5 cm³/mol. The lowest BCUT2D eigenvalue weighted by Crippen LogP contribution is -2.40. The number of rotatable bonds is 7. The van der Waals surface area contributed by atoms with E-state index in [0.717, 1.165) is 0 Å². The van der Waals surface area contributed by atoms with Gasteiger partial charge in [-0.15, -0.1) is 0 Å². The van der Waals surface area contributed by atoms with Gasteiger partial charge in [0.15, 0.2) is 0 Å². The van der Waals surface area contributed by atoms with Gasteiger partial charge in [0.2, 0.25) is 0 Å². The summed E-state index contributed by atoms with van der Waals surface area (Å²) >= 11 is 0. The van der Waals surface area contributed by atoms with Crippen molar-refractivity contribution < 1.29 is 29.7 Å². The average Bonchev–Trinajstić information content (AvgIpc) is 2.37. The zero-order valence-electron chi connectivity index (χ0n) is 10.6. The van der Waals surface area contributed by atoms with Gasteiger partial charge in [0.1, 0.15) is 11.8 Å². The molecule has 0 aromatic heterocycles. The third-order valence-corrected chi connectivity index (χ3v) is 2.62. The zero-order chi connectivity index (χ0) is 15.1. The van der Waals surface area contributed by atoms with Gasteiger partial charge in [-0.3, -0.25) is 9.59 Å². The van der Waals surface area contributed by atoms with Crippen LogP contribution in [0.5, 0.6) is 5.75 Å². The third-order valence-electron chi connectivity index (χ3n) is 2.62. The number of carbonyl (C=O) groups excluding carboxylic acids is 1. The predicted octanol–water partition coefficient (Wildman–Crippen LogP) is 0.830. The summed E-state index contributed by atoms with van der Waals surface area (Å²) in [7, 11) is 0. The van der Waals surface area contributed by atoms with E-state index in [9.17, 15) is 14.4 Å². The Kier molecular flexibility index (Phi) is 5.52. The van der Waals surface area contributed by atoms with Crippen LogP contribution in [0.25, 0.3) is 0 Å². The van der Waals surface area contributed by atoms with E-state index in [0.29, 0.717) is 0 Å². The lowest BCUT2D eigenvalue weighted by Gasteiger charge is -2.14. The SMILES string of the molecule is O=C(O)CCC[C@@H](NC(=O)c1ccc(O)cc1)C(=O)O. The van der Waals surface area contributed by atoms with Gasteiger partial charge in [0.25, 0.3) is 5.91 Å². The van der Waals surface area contributed by atoms with Crippen molar-refractivity contribution in [3.8, 4) is 5.75 Å². The van der Waals surface area contributed by atoms with Crippen molar-refractivity contribution in [2.75, 3.05) is 0 Å². The molecule has 7 nitrogen and oxygen atoms in total. The van der Waals surface area contributed by atoms with E-state index < -0.39 is 23.9 Å². The summed E-state index contributed by atoms with van der Waals surface area (Å²) in [6, 6.07) is 4.21. The van der Waals surface area contributed by atoms with Gasteiger partial charge in [-0.25, -0.2) is 4.79 Å². The van der Waals surface area contributed by atoms with Gasteiger partial charge >= 0.3 is 11.9 Å². The molecule has 1 aromatic rings. The molecule has 0 aliphatic heterocycles. The van der Waals surface area contributed by atoms with Gasteiger partial charge < -0.3 is 20.6 Å². The molecule has 4 N–H and O–H groups in total. The van der Waals surface area contributed by atoms with Gasteiger partial charge in [-0.05, 0) is 37.1 Å². The second-order valence-electron chi connectivity index (χ2n) is 4.20. The van der Waals surface area contributed by atoms with Crippen LogP contribution in [0.15, 0.2) is 24.3 Å². The number of phenols is 1. The third kappa shape index (κ3) is 4.97. The fourth-order valence-corrected chi connectivity index (χ4v) is 1.57. The number of carbonyl (C=O) groups is 3. The maximum Gasteiger partial charge on any atom is 0.326 e. The van der Waals surface area contributed by atoms with Crippen LogP contribution in [0.1, 0.15) is 29.6 Å². The smallest absolute Gasteiger partial charge is 0.326 e. The van der Waals surface area contributed by atoms with Crippen LogP contribution in [-0.2, 0) is 9.59 Å². The fourth-order valence-electron chi connectivity index (χ4n) is 1.57. The molecule has 0 aliphatic rings. The van der Waals surface area contributed by atoms with Crippen molar-refractivity contribution in [2.24, 2.45) is 0 Å². The summed E-state index contributed by atoms with van der Waals surface area (Å²) in [5, 5.41) is 28.9. The molecule has 1 rings (SSSR count). The van der Waals surface area contributed by atoms with E-state index in [1.807, 2.05) is 0 Å². The summed E-state index contributed by atoms with van der Waals surface area (Å²) in [6.07, 6.45) is 0.0342. The number of benzene rings is 1. The number of aromatic hydroxyl groups is 1. The van der Waals surface area contributed by atoms with E-state index >= 15 is 0 Å². The van der Waals surface area contributed by atoms with Crippen molar-refractivity contribution in [3.05, 3.63) is 29.8 Å². The van der Waals surface area contributed by atoms with Crippen LogP contribution in [-0.4, -0.2) is 39.2 Å². The lowest BCUT2D eigenvalue weighted by molar-refractivity contribution is -0.140. The number of aliphatic carboxylic acids is 2. The van der Waals surface area contributed by atoms with Crippen molar-refractivity contribution in [3.63, 3.8) is 0 Å². The number of hydrogen-bond donors (Lipinski definition) is 4. The number of carboxylic acids is 2. The molecule has 0 saturated heterocycles. The summed E-state index contributed by atoms with van der Waals surface area (Å²) < 4.78 is 0. The first-order valence-electron chi connectivity index (χ1n) is 5.94. The molecule has 0 aliphatic carbocycles. The molecule has 0 fully saturated rings. The Bertz CT molecular complexity index is 496. The minimum Gasteiger partial charge on any atom is -0.508 e. The minimum absolute atomic E-state index is 0.00204. The van der Waals surface area contributed by atoms with Crippen LogP contribution in [0, 0.1) is 0 Å². The molecule has 108 valence electrons. The second-order valence-corrected chi connectivity index (χ2v) is 4.20. The molecule has 0 heterocycles. The molecule has 1 amide bonds. The van der Waals surface area contributed by atoms with Crippen molar-refractivity contribution in [1.29, 1.82) is 0 Å². The first-order valence-corrected chi connectivity index (χ1v) is 5.94. The standard InChI is InChI=1S/C13H15NO6/c15-9-6-4-8(5-7-9)12(18)14-10(13(19)20)2-1-3-11(16)17/h4-7,10,15H,1-3H2,(H,14,18)(H,16,17)(H,19,20)/t10-/m1/s1. The molecule has 1 atom stereocenters. The van der Waals surface area contributed by atoms with Crippen LogP contribution < -0.4 is 5.32 Å². The second kappa shape index (κ2) is 7.13. The highest BCUT2D eigenvalue weighted by atomic mass is 16.4. The van der Waals surface area contributed by atoms with Crippen LogP contribution in [0.2, 0.25) is 0 Å². The molecule has 7 heteroatoms. The largest absolute Gasteiger partial charge is 0.508 e. The highest BCUT2D eigenvalue weighted by molar-refractivity contribution is 5.96. The van der Waals surface area contributed by atoms with E-state index in [1.165, 1.54) is 24.3 Å². The van der Waals surface area contributed by atoms with Crippen molar-refractivity contribution in [1.82, 2.24) is 5.32 Å². The molecule has 20 heavy (non-hydrogen) atoms. The van der Waals surface area contributed by atoms with Gasteiger partial charge in [-0.1, -0.05) is 0 Å². The molecule has 1 aromatic carbocycles.